The van der Waals surface area contributed by atoms with Crippen LogP contribution in [-0.2, 0) is 4.79 Å². The van der Waals surface area contributed by atoms with Crippen molar-refractivity contribution in [3.63, 3.8) is 0 Å². The van der Waals surface area contributed by atoms with E-state index in [1.54, 1.807) is 6.08 Å². The fourth-order valence-corrected chi connectivity index (χ4v) is 2.13. The van der Waals surface area contributed by atoms with Gasteiger partial charge in [-0.15, -0.1) is 0 Å². The second-order valence-corrected chi connectivity index (χ2v) is 4.31. The number of carbonyl (C=O) groups is 1. The Bertz CT molecular complexity index is 522. The number of aliphatic imine (C=N–C) groups is 1. The van der Waals surface area contributed by atoms with Gasteiger partial charge in [0, 0.05) is 0 Å². The average molecular weight is 246 g/mol. The van der Waals surface area contributed by atoms with Crippen LogP contribution in [0.4, 0.5) is 0 Å². The zero-order valence-corrected chi connectivity index (χ0v) is 9.62. The van der Waals surface area contributed by atoms with Gasteiger partial charge in [-0.3, -0.25) is 10.2 Å². The van der Waals surface area contributed by atoms with Crippen molar-refractivity contribution in [1.82, 2.24) is 5.32 Å². The van der Waals surface area contributed by atoms with Crippen LogP contribution in [0.5, 0.6) is 0 Å². The number of amidine groups is 1. The van der Waals surface area contributed by atoms with E-state index in [2.05, 4.69) is 10.3 Å². The molecule has 2 rings (SSSR count). The minimum absolute atomic E-state index is 0.223. The van der Waals surface area contributed by atoms with Gasteiger partial charge in [-0.2, -0.15) is 4.99 Å². The van der Waals surface area contributed by atoms with E-state index < -0.39 is 0 Å². The molecule has 1 saturated heterocycles. The number of carbonyl (C=O) groups excluding carboxylic acids is 1. The fraction of sp³-hybridized carbons (Fsp3) is 0. The number of nitrogens with one attached hydrogen (secondary N) is 2. The highest BCUT2D eigenvalue weighted by atomic mass is 32.2. The van der Waals surface area contributed by atoms with Gasteiger partial charge in [0.1, 0.15) is 0 Å². The number of guanidine groups is 1. The number of thioether (sulfide) groups is 1. The average Bonchev–Trinajstić information content (AvgIpc) is 2.59. The third-order valence-electron chi connectivity index (χ3n) is 1.97. The molecule has 1 fully saturated rings. The molecule has 1 heterocycles. The lowest BCUT2D eigenvalue weighted by molar-refractivity contribution is -0.115. The van der Waals surface area contributed by atoms with Gasteiger partial charge in [0.15, 0.2) is 5.17 Å². The van der Waals surface area contributed by atoms with E-state index in [1.165, 1.54) is 11.8 Å². The summed E-state index contributed by atoms with van der Waals surface area (Å²) in [5, 5.41) is 9.90. The van der Waals surface area contributed by atoms with E-state index in [0.29, 0.717) is 10.1 Å². The molecule has 0 bridgehead atoms. The van der Waals surface area contributed by atoms with Gasteiger partial charge in [0.05, 0.1) is 4.91 Å². The molecule has 1 aliphatic rings. The van der Waals surface area contributed by atoms with Gasteiger partial charge in [-0.05, 0) is 23.4 Å². The SMILES string of the molecule is N=C(N)N=C1NC(=O)/C(=C\c2ccccc2)S1. The predicted molar refractivity (Wildman–Crippen MR) is 69.5 cm³/mol. The molecule has 4 N–H and O–H groups in total. The first-order valence-electron chi connectivity index (χ1n) is 4.84. The Morgan fingerprint density at radius 1 is 1.41 bits per heavy atom. The van der Waals surface area contributed by atoms with Gasteiger partial charge in [0.2, 0.25) is 5.96 Å². The first-order chi connectivity index (χ1) is 8.15. The molecule has 1 aliphatic heterocycles. The van der Waals surface area contributed by atoms with Gasteiger partial charge >= 0.3 is 0 Å². The number of benzene rings is 1. The van der Waals surface area contributed by atoms with Crippen LogP contribution in [0.3, 0.4) is 0 Å². The molecular formula is C11H10N4OS. The van der Waals surface area contributed by atoms with Crippen molar-refractivity contribution in [1.29, 1.82) is 5.41 Å². The summed E-state index contributed by atoms with van der Waals surface area (Å²) >= 11 is 1.17. The second kappa shape index (κ2) is 4.84. The molecule has 0 aliphatic carbocycles. The monoisotopic (exact) mass is 246 g/mol. The van der Waals surface area contributed by atoms with E-state index in [0.717, 1.165) is 5.56 Å². The van der Waals surface area contributed by atoms with E-state index in [9.17, 15) is 4.79 Å². The first kappa shape index (κ1) is 11.4. The third-order valence-corrected chi connectivity index (χ3v) is 2.88. The molecule has 0 saturated carbocycles. The third kappa shape index (κ3) is 2.94. The Labute approximate surface area is 102 Å². The number of rotatable bonds is 1. The normalized spacial score (nSPS) is 19.6. The van der Waals surface area contributed by atoms with Gasteiger partial charge in [-0.1, -0.05) is 30.3 Å². The molecule has 1 amide bonds. The number of hydrogen-bond donors (Lipinski definition) is 3. The van der Waals surface area contributed by atoms with Crippen molar-refractivity contribution < 1.29 is 4.79 Å². The molecule has 6 heteroatoms. The van der Waals surface area contributed by atoms with Crippen molar-refractivity contribution in [2.45, 2.75) is 0 Å². The maximum atomic E-state index is 11.6. The van der Waals surface area contributed by atoms with Gasteiger partial charge in [-0.25, -0.2) is 0 Å². The largest absolute Gasteiger partial charge is 0.368 e. The molecule has 5 nitrogen and oxygen atoms in total. The van der Waals surface area contributed by atoms with Crippen LogP contribution in [-0.4, -0.2) is 17.0 Å². The molecule has 1 aromatic rings. The number of nitrogens with two attached hydrogens (primary N) is 1. The van der Waals surface area contributed by atoms with E-state index in [-0.39, 0.29) is 11.9 Å². The van der Waals surface area contributed by atoms with Crippen LogP contribution in [0, 0.1) is 5.41 Å². The predicted octanol–water partition coefficient (Wildman–Crippen LogP) is 1.14. The van der Waals surface area contributed by atoms with Crippen molar-refractivity contribution in [2.24, 2.45) is 10.7 Å². The topological polar surface area (TPSA) is 91.3 Å². The zero-order chi connectivity index (χ0) is 12.3. The minimum atomic E-state index is -0.325. The summed E-state index contributed by atoms with van der Waals surface area (Å²) in [4.78, 5) is 15.8. The van der Waals surface area contributed by atoms with E-state index >= 15 is 0 Å². The molecule has 0 unspecified atom stereocenters. The zero-order valence-electron chi connectivity index (χ0n) is 8.81. The first-order valence-corrected chi connectivity index (χ1v) is 5.65. The lowest BCUT2D eigenvalue weighted by atomic mass is 10.2. The second-order valence-electron chi connectivity index (χ2n) is 3.28. The smallest absolute Gasteiger partial charge is 0.264 e. The minimum Gasteiger partial charge on any atom is -0.368 e. The van der Waals surface area contributed by atoms with E-state index in [4.69, 9.17) is 11.1 Å². The van der Waals surface area contributed by atoms with Crippen molar-refractivity contribution in [3.8, 4) is 0 Å². The molecule has 0 spiro atoms. The van der Waals surface area contributed by atoms with Crippen LogP contribution >= 0.6 is 11.8 Å². The Kier molecular flexibility index (Phi) is 3.24. The molecule has 0 atom stereocenters. The lowest BCUT2D eigenvalue weighted by Gasteiger charge is -1.93. The fourth-order valence-electron chi connectivity index (χ4n) is 1.29. The van der Waals surface area contributed by atoms with Gasteiger partial charge in [0.25, 0.3) is 5.91 Å². The van der Waals surface area contributed by atoms with Crippen molar-refractivity contribution in [3.05, 3.63) is 40.8 Å². The Balaban J connectivity index is 2.22. The number of amides is 1. The van der Waals surface area contributed by atoms with Crippen LogP contribution in [0.25, 0.3) is 6.08 Å². The Morgan fingerprint density at radius 2 is 2.12 bits per heavy atom. The number of nitrogens with zero attached hydrogens (tertiary/aromatic N) is 1. The Morgan fingerprint density at radius 3 is 2.76 bits per heavy atom. The highest BCUT2D eigenvalue weighted by molar-refractivity contribution is 8.18. The molecular weight excluding hydrogens is 236 g/mol. The highest BCUT2D eigenvalue weighted by Gasteiger charge is 2.23. The Hall–Kier alpha value is -2.08. The van der Waals surface area contributed by atoms with Crippen LogP contribution < -0.4 is 11.1 Å². The molecule has 17 heavy (non-hydrogen) atoms. The summed E-state index contributed by atoms with van der Waals surface area (Å²) in [5.74, 6) is -0.549. The molecule has 0 radical (unpaired) electrons. The van der Waals surface area contributed by atoms with Crippen molar-refractivity contribution in [2.75, 3.05) is 0 Å². The summed E-state index contributed by atoms with van der Waals surface area (Å²) in [6.45, 7) is 0. The molecule has 1 aromatic carbocycles. The summed E-state index contributed by atoms with van der Waals surface area (Å²) in [7, 11) is 0. The van der Waals surface area contributed by atoms with E-state index in [1.807, 2.05) is 30.3 Å². The molecule has 86 valence electrons. The maximum Gasteiger partial charge on any atom is 0.264 e. The van der Waals surface area contributed by atoms with Crippen molar-refractivity contribution >= 4 is 34.9 Å². The van der Waals surface area contributed by atoms with Crippen LogP contribution in [0.1, 0.15) is 5.56 Å². The summed E-state index contributed by atoms with van der Waals surface area (Å²) in [6, 6.07) is 9.51. The summed E-state index contributed by atoms with van der Waals surface area (Å²) in [5.41, 5.74) is 6.07. The van der Waals surface area contributed by atoms with Gasteiger partial charge < -0.3 is 11.1 Å². The number of hydrogen-bond acceptors (Lipinski definition) is 3. The van der Waals surface area contributed by atoms with Crippen LogP contribution in [0.15, 0.2) is 40.2 Å². The van der Waals surface area contributed by atoms with Crippen LogP contribution in [0.2, 0.25) is 0 Å². The summed E-state index contributed by atoms with van der Waals surface area (Å²) < 4.78 is 0. The quantitative estimate of drug-likeness (QED) is 0.394. The molecule has 0 aromatic heterocycles. The maximum absolute atomic E-state index is 11.6. The standard InChI is InChI=1S/C11H10N4OS/c12-10(13)15-11-14-9(16)8(17-11)6-7-4-2-1-3-5-7/h1-6H,(H4,12,13,14,15,16)/b8-6+. The summed E-state index contributed by atoms with van der Waals surface area (Å²) in [6.07, 6.45) is 1.77. The lowest BCUT2D eigenvalue weighted by Crippen LogP contribution is -2.22. The highest BCUT2D eigenvalue weighted by Crippen LogP contribution is 2.25.